The molecule has 1 heterocycles. The summed E-state index contributed by atoms with van der Waals surface area (Å²) in [7, 11) is 1.28. The van der Waals surface area contributed by atoms with Crippen LogP contribution in [-0.4, -0.2) is 22.6 Å². The number of aryl methyl sites for hydroxylation is 1. The number of esters is 1. The number of nitrogens with zero attached hydrogens (tertiary/aromatic N) is 2. The largest absolute Gasteiger partial charge is 0.464 e. The molecule has 0 atom stereocenters. The summed E-state index contributed by atoms with van der Waals surface area (Å²) < 4.78 is 7.08. The Morgan fingerprint density at radius 1 is 1.53 bits per heavy atom. The monoisotopic (exact) mass is 343 g/mol. The molecule has 19 heavy (non-hydrogen) atoms. The van der Waals surface area contributed by atoms with Crippen molar-refractivity contribution >= 4 is 39.3 Å². The fraction of sp³-hybridized carbons (Fsp3) is 0.167. The van der Waals surface area contributed by atoms with E-state index in [0.29, 0.717) is 16.5 Å². The first-order valence-corrected chi connectivity index (χ1v) is 6.51. The Morgan fingerprint density at radius 2 is 2.21 bits per heavy atom. The predicted molar refractivity (Wildman–Crippen MR) is 76.8 cm³/mol. The van der Waals surface area contributed by atoms with E-state index in [1.165, 1.54) is 7.11 Å². The van der Waals surface area contributed by atoms with Crippen molar-refractivity contribution in [2.24, 2.45) is 0 Å². The molecule has 2 rings (SSSR count). The van der Waals surface area contributed by atoms with E-state index < -0.39 is 5.97 Å². The fourth-order valence-electron chi connectivity index (χ4n) is 1.76. The highest BCUT2D eigenvalue weighted by atomic mass is 79.9. The van der Waals surface area contributed by atoms with Gasteiger partial charge < -0.3 is 10.5 Å². The Bertz CT molecular complexity index is 655. The van der Waals surface area contributed by atoms with Crippen molar-refractivity contribution in [1.29, 1.82) is 0 Å². The van der Waals surface area contributed by atoms with Gasteiger partial charge >= 0.3 is 5.97 Å². The second kappa shape index (κ2) is 5.22. The summed E-state index contributed by atoms with van der Waals surface area (Å²) in [6.07, 6.45) is 0. The molecule has 100 valence electrons. The lowest BCUT2D eigenvalue weighted by molar-refractivity contribution is 0.0596. The highest BCUT2D eigenvalue weighted by Crippen LogP contribution is 2.29. The average molecular weight is 345 g/mol. The van der Waals surface area contributed by atoms with Gasteiger partial charge in [0.2, 0.25) is 0 Å². The van der Waals surface area contributed by atoms with Crippen molar-refractivity contribution in [2.45, 2.75) is 6.92 Å². The van der Waals surface area contributed by atoms with Gasteiger partial charge in [0.15, 0.2) is 5.69 Å². The molecule has 0 spiro atoms. The van der Waals surface area contributed by atoms with E-state index in [-0.39, 0.29) is 11.5 Å². The smallest absolute Gasteiger partial charge is 0.360 e. The lowest BCUT2D eigenvalue weighted by Crippen LogP contribution is -2.08. The molecular weight excluding hydrogens is 334 g/mol. The molecule has 2 aromatic rings. The molecule has 7 heteroatoms. The average Bonchev–Trinajstić information content (AvgIpc) is 2.67. The number of benzene rings is 1. The first-order valence-electron chi connectivity index (χ1n) is 5.34. The minimum absolute atomic E-state index is 0.0897. The number of methoxy groups -OCH3 is 1. The minimum Gasteiger partial charge on any atom is -0.464 e. The lowest BCUT2D eigenvalue weighted by atomic mass is 10.3. The van der Waals surface area contributed by atoms with Gasteiger partial charge in [0.05, 0.1) is 12.8 Å². The first kappa shape index (κ1) is 13.9. The number of nitrogens with two attached hydrogens (primary N) is 1. The maximum absolute atomic E-state index is 11.6. The number of carbonyl (C=O) groups excluding carboxylic acids is 1. The van der Waals surface area contributed by atoms with E-state index in [1.807, 2.05) is 0 Å². The first-order chi connectivity index (χ1) is 8.95. The number of carbonyl (C=O) groups is 1. The normalized spacial score (nSPS) is 10.5. The zero-order valence-electron chi connectivity index (χ0n) is 10.3. The van der Waals surface area contributed by atoms with E-state index in [9.17, 15) is 4.79 Å². The van der Waals surface area contributed by atoms with Crippen LogP contribution < -0.4 is 5.73 Å². The molecule has 0 unspecified atom stereocenters. The van der Waals surface area contributed by atoms with E-state index in [4.69, 9.17) is 17.3 Å². The molecule has 0 bridgehead atoms. The summed E-state index contributed by atoms with van der Waals surface area (Å²) in [5, 5.41) is 0.560. The van der Waals surface area contributed by atoms with Gasteiger partial charge in [0, 0.05) is 9.50 Å². The van der Waals surface area contributed by atoms with Gasteiger partial charge in [-0.05, 0) is 41.1 Å². The third kappa shape index (κ3) is 2.46. The molecule has 5 nitrogen and oxygen atoms in total. The molecule has 1 aromatic heterocycles. The Labute approximate surface area is 123 Å². The van der Waals surface area contributed by atoms with Gasteiger partial charge in [0.1, 0.15) is 11.6 Å². The van der Waals surface area contributed by atoms with Crippen LogP contribution in [0.25, 0.3) is 5.69 Å². The van der Waals surface area contributed by atoms with Crippen LogP contribution in [0.2, 0.25) is 5.02 Å². The Morgan fingerprint density at radius 3 is 2.84 bits per heavy atom. The highest BCUT2D eigenvalue weighted by molar-refractivity contribution is 9.10. The third-order valence-electron chi connectivity index (χ3n) is 2.61. The molecule has 0 saturated heterocycles. The zero-order valence-corrected chi connectivity index (χ0v) is 12.6. The fourth-order valence-corrected chi connectivity index (χ4v) is 2.35. The van der Waals surface area contributed by atoms with E-state index in [1.54, 1.807) is 29.7 Å². The Hall–Kier alpha value is -1.53. The molecule has 0 radical (unpaired) electrons. The molecular formula is C12H11BrClN3O2. The number of rotatable bonds is 2. The summed E-state index contributed by atoms with van der Waals surface area (Å²) in [5.41, 5.74) is 6.77. The van der Waals surface area contributed by atoms with Crippen LogP contribution in [0.15, 0.2) is 22.7 Å². The van der Waals surface area contributed by atoms with Crippen LogP contribution in [-0.2, 0) is 4.74 Å². The Kier molecular flexibility index (Phi) is 3.82. The number of ether oxygens (including phenoxy) is 1. The van der Waals surface area contributed by atoms with Gasteiger partial charge in [-0.3, -0.25) is 4.57 Å². The quantitative estimate of drug-likeness (QED) is 0.850. The second-order valence-corrected chi connectivity index (χ2v) is 5.11. The van der Waals surface area contributed by atoms with Crippen molar-refractivity contribution < 1.29 is 9.53 Å². The van der Waals surface area contributed by atoms with Crippen LogP contribution in [0.1, 0.15) is 16.3 Å². The summed E-state index contributed by atoms with van der Waals surface area (Å²) in [5.74, 6) is 0.214. The summed E-state index contributed by atoms with van der Waals surface area (Å²) in [6, 6.07) is 5.28. The van der Waals surface area contributed by atoms with Gasteiger partial charge in [-0.2, -0.15) is 0 Å². The molecule has 2 N–H and O–H groups in total. The number of imidazole rings is 1. The van der Waals surface area contributed by atoms with Gasteiger partial charge in [0.25, 0.3) is 0 Å². The van der Waals surface area contributed by atoms with E-state index in [2.05, 4.69) is 25.7 Å². The summed E-state index contributed by atoms with van der Waals surface area (Å²) >= 11 is 9.40. The maximum atomic E-state index is 11.6. The SMILES string of the molecule is COC(=O)c1nc(C)n(-c2cc(Cl)ccc2Br)c1N. The van der Waals surface area contributed by atoms with Gasteiger partial charge in [-0.1, -0.05) is 11.6 Å². The molecule has 0 aliphatic heterocycles. The topological polar surface area (TPSA) is 70.1 Å². The van der Waals surface area contributed by atoms with Crippen LogP contribution >= 0.6 is 27.5 Å². The number of halogens is 2. The van der Waals surface area contributed by atoms with Crippen LogP contribution in [0.4, 0.5) is 5.82 Å². The third-order valence-corrected chi connectivity index (χ3v) is 3.51. The van der Waals surface area contributed by atoms with Gasteiger partial charge in [-0.15, -0.1) is 0 Å². The zero-order chi connectivity index (χ0) is 14.2. The van der Waals surface area contributed by atoms with Gasteiger partial charge in [-0.25, -0.2) is 9.78 Å². The van der Waals surface area contributed by atoms with Crippen molar-refractivity contribution in [3.05, 3.63) is 39.2 Å². The van der Waals surface area contributed by atoms with Crippen LogP contribution in [0, 0.1) is 6.92 Å². The predicted octanol–water partition coefficient (Wildman–Crippen LogP) is 2.97. The lowest BCUT2D eigenvalue weighted by Gasteiger charge is -2.10. The molecule has 0 aliphatic rings. The van der Waals surface area contributed by atoms with Crippen molar-refractivity contribution in [1.82, 2.24) is 9.55 Å². The molecule has 0 aliphatic carbocycles. The molecule has 0 fully saturated rings. The standard InChI is InChI=1S/C12H11BrClN3O2/c1-6-16-10(12(18)19-2)11(15)17(6)9-5-7(14)3-4-8(9)13/h3-5H,15H2,1-2H3. The van der Waals surface area contributed by atoms with Crippen molar-refractivity contribution in [3.63, 3.8) is 0 Å². The van der Waals surface area contributed by atoms with Crippen molar-refractivity contribution in [3.8, 4) is 5.69 Å². The number of hydrogen-bond donors (Lipinski definition) is 1. The maximum Gasteiger partial charge on any atom is 0.360 e. The number of hydrogen-bond acceptors (Lipinski definition) is 4. The van der Waals surface area contributed by atoms with E-state index in [0.717, 1.165) is 4.47 Å². The minimum atomic E-state index is -0.572. The van der Waals surface area contributed by atoms with Crippen molar-refractivity contribution in [2.75, 3.05) is 12.8 Å². The van der Waals surface area contributed by atoms with Crippen LogP contribution in [0.5, 0.6) is 0 Å². The molecule has 0 saturated carbocycles. The number of aromatic nitrogens is 2. The Balaban J connectivity index is 2.66. The van der Waals surface area contributed by atoms with E-state index >= 15 is 0 Å². The van der Waals surface area contributed by atoms with Crippen LogP contribution in [0.3, 0.4) is 0 Å². The highest BCUT2D eigenvalue weighted by Gasteiger charge is 2.21. The summed E-state index contributed by atoms with van der Waals surface area (Å²) in [4.78, 5) is 15.7. The number of nitrogen functional groups attached to an aromatic ring is 1. The molecule has 1 aromatic carbocycles. The second-order valence-electron chi connectivity index (χ2n) is 3.82. The summed E-state index contributed by atoms with van der Waals surface area (Å²) in [6.45, 7) is 1.75. The number of anilines is 1. The molecule has 0 amide bonds.